The standard InChI is InChI=1S/C16H21N3O3S/c1-12-3-4-13(2)15(11-12)23(21,22)19-9-6-14(7-10-19)18-16(20)5-8-17/h3-4,11,14H,5-7,9-10H2,1-2H3,(H,18,20). The van der Waals surface area contributed by atoms with E-state index in [1.54, 1.807) is 19.1 Å². The lowest BCUT2D eigenvalue weighted by Gasteiger charge is -2.31. The van der Waals surface area contributed by atoms with Crippen LogP contribution in [0.25, 0.3) is 0 Å². The summed E-state index contributed by atoms with van der Waals surface area (Å²) in [5.74, 6) is -0.302. The molecule has 0 aliphatic carbocycles. The SMILES string of the molecule is Cc1ccc(C)c(S(=O)(=O)N2CCC(NC(=O)CC#N)CC2)c1. The number of sulfonamides is 1. The van der Waals surface area contributed by atoms with E-state index in [9.17, 15) is 13.2 Å². The van der Waals surface area contributed by atoms with Crippen molar-refractivity contribution in [3.63, 3.8) is 0 Å². The van der Waals surface area contributed by atoms with Crippen LogP contribution in [-0.4, -0.2) is 37.8 Å². The number of amides is 1. The minimum Gasteiger partial charge on any atom is -0.352 e. The Labute approximate surface area is 137 Å². The van der Waals surface area contributed by atoms with Crippen molar-refractivity contribution in [3.05, 3.63) is 29.3 Å². The number of benzene rings is 1. The number of carbonyl (C=O) groups excluding carboxylic acids is 1. The normalized spacial score (nSPS) is 16.7. The molecule has 1 aliphatic heterocycles. The molecule has 0 bridgehead atoms. The van der Waals surface area contributed by atoms with Crippen LogP contribution in [0.5, 0.6) is 0 Å². The first-order valence-electron chi connectivity index (χ1n) is 7.58. The number of nitrogens with one attached hydrogen (secondary N) is 1. The average Bonchev–Trinajstić information content (AvgIpc) is 2.50. The average molecular weight is 335 g/mol. The van der Waals surface area contributed by atoms with Gasteiger partial charge in [-0.15, -0.1) is 0 Å². The molecule has 1 fully saturated rings. The van der Waals surface area contributed by atoms with Gasteiger partial charge in [0.05, 0.1) is 11.0 Å². The molecule has 1 saturated heterocycles. The van der Waals surface area contributed by atoms with Gasteiger partial charge < -0.3 is 5.32 Å². The van der Waals surface area contributed by atoms with E-state index in [2.05, 4.69) is 5.32 Å². The molecular weight excluding hydrogens is 314 g/mol. The van der Waals surface area contributed by atoms with Crippen LogP contribution in [0.2, 0.25) is 0 Å². The highest BCUT2D eigenvalue weighted by Gasteiger charge is 2.30. The van der Waals surface area contributed by atoms with E-state index in [1.807, 2.05) is 19.1 Å². The van der Waals surface area contributed by atoms with Crippen molar-refractivity contribution < 1.29 is 13.2 Å². The number of hydrogen-bond donors (Lipinski definition) is 1. The minimum absolute atomic E-state index is 0.0686. The van der Waals surface area contributed by atoms with E-state index < -0.39 is 10.0 Å². The molecule has 0 aromatic heterocycles. The Hall–Kier alpha value is -1.91. The molecule has 23 heavy (non-hydrogen) atoms. The maximum Gasteiger partial charge on any atom is 0.243 e. The summed E-state index contributed by atoms with van der Waals surface area (Å²) in [5.41, 5.74) is 1.65. The molecule has 1 aromatic rings. The number of nitrogens with zero attached hydrogens (tertiary/aromatic N) is 2. The lowest BCUT2D eigenvalue weighted by Crippen LogP contribution is -2.46. The van der Waals surface area contributed by atoms with Crippen molar-refractivity contribution >= 4 is 15.9 Å². The molecule has 7 heteroatoms. The molecule has 1 aliphatic rings. The quantitative estimate of drug-likeness (QED) is 0.902. The number of nitriles is 1. The van der Waals surface area contributed by atoms with E-state index in [-0.39, 0.29) is 18.4 Å². The number of carbonyl (C=O) groups is 1. The zero-order valence-electron chi connectivity index (χ0n) is 13.4. The minimum atomic E-state index is -3.51. The van der Waals surface area contributed by atoms with Crippen LogP contribution < -0.4 is 5.32 Å². The maximum absolute atomic E-state index is 12.8. The van der Waals surface area contributed by atoms with E-state index in [1.165, 1.54) is 4.31 Å². The van der Waals surface area contributed by atoms with Gasteiger partial charge in [-0.05, 0) is 43.9 Å². The fourth-order valence-electron chi connectivity index (χ4n) is 2.72. The highest BCUT2D eigenvalue weighted by atomic mass is 32.2. The van der Waals surface area contributed by atoms with Gasteiger partial charge in [-0.25, -0.2) is 8.42 Å². The zero-order chi connectivity index (χ0) is 17.0. The highest BCUT2D eigenvalue weighted by Crippen LogP contribution is 2.24. The third kappa shape index (κ3) is 4.09. The molecule has 0 atom stereocenters. The second-order valence-electron chi connectivity index (χ2n) is 5.85. The molecule has 1 N–H and O–H groups in total. The van der Waals surface area contributed by atoms with Crippen LogP contribution in [0.15, 0.2) is 23.1 Å². The van der Waals surface area contributed by atoms with Crippen LogP contribution in [-0.2, 0) is 14.8 Å². The molecule has 124 valence electrons. The third-order valence-electron chi connectivity index (χ3n) is 4.02. The Morgan fingerprint density at radius 1 is 1.35 bits per heavy atom. The van der Waals surface area contributed by atoms with Gasteiger partial charge in [0.1, 0.15) is 6.42 Å². The van der Waals surface area contributed by atoms with Crippen LogP contribution in [0.1, 0.15) is 30.4 Å². The first-order chi connectivity index (χ1) is 10.8. The number of piperidine rings is 1. The fourth-order valence-corrected chi connectivity index (χ4v) is 4.49. The van der Waals surface area contributed by atoms with Gasteiger partial charge >= 0.3 is 0 Å². The molecular formula is C16H21N3O3S. The van der Waals surface area contributed by atoms with Crippen molar-refractivity contribution in [2.45, 2.75) is 44.0 Å². The van der Waals surface area contributed by atoms with Crippen LogP contribution in [0, 0.1) is 25.2 Å². The molecule has 6 nitrogen and oxygen atoms in total. The molecule has 0 saturated carbocycles. The van der Waals surface area contributed by atoms with Gasteiger partial charge in [0, 0.05) is 19.1 Å². The molecule has 0 unspecified atom stereocenters. The summed E-state index contributed by atoms with van der Waals surface area (Å²) in [6.45, 7) is 4.40. The maximum atomic E-state index is 12.8. The summed E-state index contributed by atoms with van der Waals surface area (Å²) in [7, 11) is -3.51. The Kier molecular flexibility index (Phi) is 5.39. The molecule has 2 rings (SSSR count). The highest BCUT2D eigenvalue weighted by molar-refractivity contribution is 7.89. The van der Waals surface area contributed by atoms with Crippen molar-refractivity contribution in [2.75, 3.05) is 13.1 Å². The van der Waals surface area contributed by atoms with Gasteiger partial charge in [-0.1, -0.05) is 12.1 Å². The summed E-state index contributed by atoms with van der Waals surface area (Å²) in [4.78, 5) is 11.8. The van der Waals surface area contributed by atoms with Crippen LogP contribution >= 0.6 is 0 Å². The van der Waals surface area contributed by atoms with E-state index in [0.717, 1.165) is 11.1 Å². The summed E-state index contributed by atoms with van der Waals surface area (Å²) in [6.07, 6.45) is 0.948. The Balaban J connectivity index is 2.06. The molecule has 1 amide bonds. The lowest BCUT2D eigenvalue weighted by atomic mass is 10.1. The summed E-state index contributed by atoms with van der Waals surface area (Å²) in [5, 5.41) is 11.3. The fraction of sp³-hybridized carbons (Fsp3) is 0.500. The Bertz CT molecular complexity index is 729. The summed E-state index contributed by atoms with van der Waals surface area (Å²) >= 11 is 0. The van der Waals surface area contributed by atoms with Crippen LogP contribution in [0.4, 0.5) is 0 Å². The molecule has 1 aromatic carbocycles. The summed E-state index contributed by atoms with van der Waals surface area (Å²) < 4.78 is 27.0. The second kappa shape index (κ2) is 7.11. The van der Waals surface area contributed by atoms with Crippen molar-refractivity contribution in [1.29, 1.82) is 5.26 Å². The van der Waals surface area contributed by atoms with E-state index in [4.69, 9.17) is 5.26 Å². The predicted molar refractivity (Wildman–Crippen MR) is 86.1 cm³/mol. The van der Waals surface area contributed by atoms with Gasteiger partial charge in [-0.2, -0.15) is 9.57 Å². The van der Waals surface area contributed by atoms with Gasteiger partial charge in [0.2, 0.25) is 15.9 Å². The monoisotopic (exact) mass is 335 g/mol. The summed E-state index contributed by atoms with van der Waals surface area (Å²) in [6, 6.07) is 7.15. The lowest BCUT2D eigenvalue weighted by molar-refractivity contribution is -0.121. The number of aryl methyl sites for hydroxylation is 2. The van der Waals surface area contributed by atoms with E-state index >= 15 is 0 Å². The Morgan fingerprint density at radius 3 is 2.61 bits per heavy atom. The van der Waals surface area contributed by atoms with Gasteiger partial charge in [0.25, 0.3) is 0 Å². The van der Waals surface area contributed by atoms with Gasteiger partial charge in [0.15, 0.2) is 0 Å². The molecule has 0 spiro atoms. The van der Waals surface area contributed by atoms with Crippen molar-refractivity contribution in [2.24, 2.45) is 0 Å². The molecule has 1 heterocycles. The van der Waals surface area contributed by atoms with Crippen LogP contribution in [0.3, 0.4) is 0 Å². The molecule has 0 radical (unpaired) electrons. The third-order valence-corrected chi connectivity index (χ3v) is 6.06. The predicted octanol–water partition coefficient (Wildman–Crippen LogP) is 1.49. The first kappa shape index (κ1) is 17.4. The first-order valence-corrected chi connectivity index (χ1v) is 9.02. The number of hydrogen-bond acceptors (Lipinski definition) is 4. The zero-order valence-corrected chi connectivity index (χ0v) is 14.2. The smallest absolute Gasteiger partial charge is 0.243 e. The van der Waals surface area contributed by atoms with Gasteiger partial charge in [-0.3, -0.25) is 4.79 Å². The van der Waals surface area contributed by atoms with Crippen molar-refractivity contribution in [3.8, 4) is 6.07 Å². The second-order valence-corrected chi connectivity index (χ2v) is 7.76. The number of rotatable bonds is 4. The largest absolute Gasteiger partial charge is 0.352 e. The van der Waals surface area contributed by atoms with Crippen molar-refractivity contribution in [1.82, 2.24) is 9.62 Å². The Morgan fingerprint density at radius 2 is 2.00 bits per heavy atom. The topological polar surface area (TPSA) is 90.3 Å². The van der Waals surface area contributed by atoms with E-state index in [0.29, 0.717) is 30.8 Å².